The van der Waals surface area contributed by atoms with Crippen molar-refractivity contribution in [3.8, 4) is 40.2 Å². The SMILES string of the molecule is COc1ccc(CCC#N)cc1-c1ccc(OC)c(OC)c1OC. The van der Waals surface area contributed by atoms with Crippen LogP contribution in [0.5, 0.6) is 23.0 Å². The van der Waals surface area contributed by atoms with Crippen LogP contribution < -0.4 is 18.9 Å². The highest BCUT2D eigenvalue weighted by atomic mass is 16.5. The molecule has 2 aromatic rings. The van der Waals surface area contributed by atoms with Gasteiger partial charge >= 0.3 is 0 Å². The molecule has 0 atom stereocenters. The quantitative estimate of drug-likeness (QED) is 0.773. The van der Waals surface area contributed by atoms with Gasteiger partial charge in [0.1, 0.15) is 5.75 Å². The zero-order valence-corrected chi connectivity index (χ0v) is 14.4. The van der Waals surface area contributed by atoms with E-state index in [2.05, 4.69) is 6.07 Å². The lowest BCUT2D eigenvalue weighted by Crippen LogP contribution is -1.98. The van der Waals surface area contributed by atoms with E-state index in [4.69, 9.17) is 24.2 Å². The number of hydrogen-bond donors (Lipinski definition) is 0. The molecule has 0 amide bonds. The van der Waals surface area contributed by atoms with Crippen molar-refractivity contribution in [2.75, 3.05) is 28.4 Å². The fourth-order valence-corrected chi connectivity index (χ4v) is 2.63. The average Bonchev–Trinajstić information content (AvgIpc) is 2.64. The van der Waals surface area contributed by atoms with Crippen LogP contribution >= 0.6 is 0 Å². The molecule has 2 rings (SSSR count). The fraction of sp³-hybridized carbons (Fsp3) is 0.316. The second-order valence-corrected chi connectivity index (χ2v) is 5.07. The first-order valence-corrected chi connectivity index (χ1v) is 7.53. The molecule has 126 valence electrons. The first kappa shape index (κ1) is 17.5. The van der Waals surface area contributed by atoms with Crippen molar-refractivity contribution in [1.29, 1.82) is 5.26 Å². The summed E-state index contributed by atoms with van der Waals surface area (Å²) < 4.78 is 21.9. The van der Waals surface area contributed by atoms with Gasteiger partial charge < -0.3 is 18.9 Å². The van der Waals surface area contributed by atoms with Gasteiger partial charge in [0.25, 0.3) is 0 Å². The lowest BCUT2D eigenvalue weighted by atomic mass is 9.98. The Morgan fingerprint density at radius 1 is 0.792 bits per heavy atom. The number of benzene rings is 2. The van der Waals surface area contributed by atoms with Crippen molar-refractivity contribution in [1.82, 2.24) is 0 Å². The summed E-state index contributed by atoms with van der Waals surface area (Å²) in [6.45, 7) is 0. The van der Waals surface area contributed by atoms with Crippen LogP contribution in [-0.2, 0) is 6.42 Å². The van der Waals surface area contributed by atoms with Gasteiger partial charge in [0.2, 0.25) is 5.75 Å². The smallest absolute Gasteiger partial charge is 0.203 e. The van der Waals surface area contributed by atoms with Gasteiger partial charge in [-0.2, -0.15) is 5.26 Å². The highest BCUT2D eigenvalue weighted by Crippen LogP contribution is 2.46. The Labute approximate surface area is 142 Å². The van der Waals surface area contributed by atoms with Crippen LogP contribution in [0.2, 0.25) is 0 Å². The lowest BCUT2D eigenvalue weighted by molar-refractivity contribution is 0.325. The van der Waals surface area contributed by atoms with E-state index < -0.39 is 0 Å². The van der Waals surface area contributed by atoms with Crippen molar-refractivity contribution in [2.45, 2.75) is 12.8 Å². The van der Waals surface area contributed by atoms with Crippen LogP contribution in [0.3, 0.4) is 0 Å². The number of methoxy groups -OCH3 is 4. The number of aryl methyl sites for hydroxylation is 1. The number of nitriles is 1. The van der Waals surface area contributed by atoms with E-state index in [1.807, 2.05) is 30.3 Å². The number of ether oxygens (including phenoxy) is 4. The summed E-state index contributed by atoms with van der Waals surface area (Å²) >= 11 is 0. The van der Waals surface area contributed by atoms with Crippen molar-refractivity contribution in [3.63, 3.8) is 0 Å². The third-order valence-electron chi connectivity index (χ3n) is 3.78. The van der Waals surface area contributed by atoms with Crippen molar-refractivity contribution in [2.24, 2.45) is 0 Å². The molecule has 5 nitrogen and oxygen atoms in total. The van der Waals surface area contributed by atoms with Crippen LogP contribution in [0, 0.1) is 11.3 Å². The minimum absolute atomic E-state index is 0.467. The lowest BCUT2D eigenvalue weighted by Gasteiger charge is -2.18. The highest BCUT2D eigenvalue weighted by molar-refractivity contribution is 5.80. The van der Waals surface area contributed by atoms with E-state index in [0.29, 0.717) is 30.1 Å². The normalized spacial score (nSPS) is 9.96. The molecule has 5 heteroatoms. The molecule has 0 aliphatic heterocycles. The van der Waals surface area contributed by atoms with E-state index in [1.54, 1.807) is 28.4 Å². The largest absolute Gasteiger partial charge is 0.496 e. The first-order chi connectivity index (χ1) is 11.7. The number of nitrogens with zero attached hydrogens (tertiary/aromatic N) is 1. The Balaban J connectivity index is 2.64. The highest BCUT2D eigenvalue weighted by Gasteiger charge is 2.19. The zero-order valence-electron chi connectivity index (χ0n) is 14.4. The van der Waals surface area contributed by atoms with E-state index in [9.17, 15) is 0 Å². The minimum atomic E-state index is 0.467. The molecular formula is C19H21NO4. The summed E-state index contributed by atoms with van der Waals surface area (Å²) in [5.74, 6) is 2.42. The molecule has 0 fully saturated rings. The molecule has 0 spiro atoms. The molecule has 0 aromatic heterocycles. The summed E-state index contributed by atoms with van der Waals surface area (Å²) in [6, 6.07) is 11.8. The van der Waals surface area contributed by atoms with Gasteiger partial charge in [-0.15, -0.1) is 0 Å². The molecule has 24 heavy (non-hydrogen) atoms. The summed E-state index contributed by atoms with van der Waals surface area (Å²) in [4.78, 5) is 0. The average molecular weight is 327 g/mol. The standard InChI is InChI=1S/C19H21NO4/c1-21-16-9-7-13(6-5-11-20)12-15(16)14-8-10-17(22-2)19(24-4)18(14)23-3/h7-10,12H,5-6H2,1-4H3. The van der Waals surface area contributed by atoms with Crippen molar-refractivity contribution < 1.29 is 18.9 Å². The predicted molar refractivity (Wildman–Crippen MR) is 92.0 cm³/mol. The molecule has 0 saturated carbocycles. The zero-order chi connectivity index (χ0) is 17.5. The topological polar surface area (TPSA) is 60.7 Å². The van der Waals surface area contributed by atoms with E-state index in [1.165, 1.54) is 0 Å². The Hall–Kier alpha value is -2.87. The second kappa shape index (κ2) is 8.11. The number of rotatable bonds is 7. The van der Waals surface area contributed by atoms with Gasteiger partial charge in [0.05, 0.1) is 34.5 Å². The van der Waals surface area contributed by atoms with Crippen LogP contribution in [-0.4, -0.2) is 28.4 Å². The van der Waals surface area contributed by atoms with Crippen LogP contribution in [0.1, 0.15) is 12.0 Å². The second-order valence-electron chi connectivity index (χ2n) is 5.07. The molecular weight excluding hydrogens is 306 g/mol. The number of hydrogen-bond acceptors (Lipinski definition) is 5. The van der Waals surface area contributed by atoms with Gasteiger partial charge in [0.15, 0.2) is 11.5 Å². The van der Waals surface area contributed by atoms with Gasteiger partial charge in [-0.1, -0.05) is 6.07 Å². The summed E-state index contributed by atoms with van der Waals surface area (Å²) in [7, 11) is 6.37. The van der Waals surface area contributed by atoms with Gasteiger partial charge in [0, 0.05) is 17.5 Å². The van der Waals surface area contributed by atoms with Crippen molar-refractivity contribution >= 4 is 0 Å². The Morgan fingerprint density at radius 2 is 1.46 bits per heavy atom. The van der Waals surface area contributed by atoms with Gasteiger partial charge in [-0.3, -0.25) is 0 Å². The maximum absolute atomic E-state index is 8.80. The monoisotopic (exact) mass is 327 g/mol. The summed E-state index contributed by atoms with van der Waals surface area (Å²) in [6.07, 6.45) is 1.15. The van der Waals surface area contributed by atoms with E-state index in [0.717, 1.165) is 22.4 Å². The molecule has 0 N–H and O–H groups in total. The Bertz CT molecular complexity index is 750. The third-order valence-corrected chi connectivity index (χ3v) is 3.78. The Morgan fingerprint density at radius 3 is 2.04 bits per heavy atom. The van der Waals surface area contributed by atoms with Crippen LogP contribution in [0.25, 0.3) is 11.1 Å². The molecule has 0 aliphatic rings. The van der Waals surface area contributed by atoms with E-state index in [-0.39, 0.29) is 0 Å². The van der Waals surface area contributed by atoms with Crippen LogP contribution in [0.15, 0.2) is 30.3 Å². The molecule has 0 unspecified atom stereocenters. The molecule has 0 bridgehead atoms. The summed E-state index contributed by atoms with van der Waals surface area (Å²) in [5, 5.41) is 8.80. The molecule has 0 aliphatic carbocycles. The molecule has 2 aromatic carbocycles. The van der Waals surface area contributed by atoms with Gasteiger partial charge in [-0.25, -0.2) is 0 Å². The third kappa shape index (κ3) is 3.38. The van der Waals surface area contributed by atoms with Crippen molar-refractivity contribution in [3.05, 3.63) is 35.9 Å². The van der Waals surface area contributed by atoms with Crippen LogP contribution in [0.4, 0.5) is 0 Å². The molecule has 0 saturated heterocycles. The van der Waals surface area contributed by atoms with Gasteiger partial charge in [-0.05, 0) is 36.2 Å². The Kier molecular flexibility index (Phi) is 5.91. The first-order valence-electron chi connectivity index (χ1n) is 7.53. The maximum atomic E-state index is 8.80. The fourth-order valence-electron chi connectivity index (χ4n) is 2.63. The predicted octanol–water partition coefficient (Wildman–Crippen LogP) is 3.84. The molecule has 0 heterocycles. The van der Waals surface area contributed by atoms with E-state index >= 15 is 0 Å². The maximum Gasteiger partial charge on any atom is 0.203 e. The minimum Gasteiger partial charge on any atom is -0.496 e. The molecule has 0 radical (unpaired) electrons. The summed E-state index contributed by atoms with van der Waals surface area (Å²) in [5.41, 5.74) is 2.78.